The number of aromatic amines is 1. The zero-order valence-electron chi connectivity index (χ0n) is 9.40. The first-order chi connectivity index (χ1) is 8.20. The Hall–Kier alpha value is -2.32. The summed E-state index contributed by atoms with van der Waals surface area (Å²) in [6.45, 7) is 2.26. The van der Waals surface area contributed by atoms with Crippen molar-refractivity contribution in [3.05, 3.63) is 46.1 Å². The van der Waals surface area contributed by atoms with Crippen LogP contribution in [0.4, 0.5) is 0 Å². The lowest BCUT2D eigenvalue weighted by atomic mass is 10.1. The molecule has 0 saturated heterocycles. The Labute approximate surface area is 98.3 Å². The maximum atomic E-state index is 11.4. The van der Waals surface area contributed by atoms with E-state index in [0.717, 1.165) is 16.8 Å². The molecule has 17 heavy (non-hydrogen) atoms. The molecule has 0 bridgehead atoms. The second-order valence-electron chi connectivity index (χ2n) is 3.59. The van der Waals surface area contributed by atoms with E-state index in [1.54, 1.807) is 0 Å². The largest absolute Gasteiger partial charge is 0.347 e. The van der Waals surface area contributed by atoms with Crippen molar-refractivity contribution in [3.63, 3.8) is 0 Å². The summed E-state index contributed by atoms with van der Waals surface area (Å²) in [5.41, 5.74) is 7.66. The van der Waals surface area contributed by atoms with Crippen molar-refractivity contribution in [2.24, 2.45) is 5.73 Å². The number of nitrogens with zero attached hydrogens (tertiary/aromatic N) is 2. The van der Waals surface area contributed by atoms with E-state index in [9.17, 15) is 4.79 Å². The summed E-state index contributed by atoms with van der Waals surface area (Å²) >= 11 is 0. The van der Waals surface area contributed by atoms with E-state index in [1.165, 1.54) is 10.9 Å². The van der Waals surface area contributed by atoms with Gasteiger partial charge in [0.15, 0.2) is 0 Å². The number of rotatable bonds is 1. The molecule has 0 unspecified atom stereocenters. The van der Waals surface area contributed by atoms with Gasteiger partial charge < -0.3 is 5.73 Å². The van der Waals surface area contributed by atoms with Crippen LogP contribution in [0.3, 0.4) is 0 Å². The highest BCUT2D eigenvalue weighted by Gasteiger charge is 2.02. The fraction of sp³-hybridized carbons (Fsp3) is 0.167. The van der Waals surface area contributed by atoms with Crippen molar-refractivity contribution < 1.29 is 0 Å². The summed E-state index contributed by atoms with van der Waals surface area (Å²) in [4.78, 5) is 11.4. The van der Waals surface area contributed by atoms with Gasteiger partial charge in [0.1, 0.15) is 6.33 Å². The molecular formula is C12H12N4O. The van der Waals surface area contributed by atoms with Gasteiger partial charge in [-0.2, -0.15) is 5.10 Å². The Morgan fingerprint density at radius 2 is 2.29 bits per heavy atom. The highest BCUT2D eigenvalue weighted by molar-refractivity contribution is 5.46. The molecule has 1 heterocycles. The van der Waals surface area contributed by atoms with E-state index in [1.807, 2.05) is 25.1 Å². The first-order valence-electron chi connectivity index (χ1n) is 5.14. The quantitative estimate of drug-likeness (QED) is 0.683. The monoisotopic (exact) mass is 228 g/mol. The molecular weight excluding hydrogens is 216 g/mol. The fourth-order valence-electron chi connectivity index (χ4n) is 1.56. The highest BCUT2D eigenvalue weighted by Crippen LogP contribution is 2.11. The summed E-state index contributed by atoms with van der Waals surface area (Å²) in [7, 11) is 0. The molecule has 2 rings (SSSR count). The number of aromatic nitrogens is 3. The fourth-order valence-corrected chi connectivity index (χ4v) is 1.56. The number of hydrogen-bond donors (Lipinski definition) is 2. The van der Waals surface area contributed by atoms with Crippen molar-refractivity contribution in [3.8, 4) is 17.5 Å². The maximum absolute atomic E-state index is 11.4. The van der Waals surface area contributed by atoms with E-state index in [0.29, 0.717) is 6.54 Å². The van der Waals surface area contributed by atoms with Crippen molar-refractivity contribution in [2.75, 3.05) is 6.54 Å². The lowest BCUT2D eigenvalue weighted by Crippen LogP contribution is -2.14. The second kappa shape index (κ2) is 4.68. The van der Waals surface area contributed by atoms with Crippen LogP contribution in [-0.4, -0.2) is 21.3 Å². The van der Waals surface area contributed by atoms with Crippen LogP contribution in [0.2, 0.25) is 0 Å². The van der Waals surface area contributed by atoms with Gasteiger partial charge in [-0.05, 0) is 30.7 Å². The van der Waals surface area contributed by atoms with Gasteiger partial charge >= 0.3 is 5.69 Å². The van der Waals surface area contributed by atoms with Crippen LogP contribution in [0.15, 0.2) is 29.3 Å². The SMILES string of the molecule is Cc1cc(C#CCN)cc(-n2cn[nH]c2=O)c1. The Morgan fingerprint density at radius 3 is 2.94 bits per heavy atom. The van der Waals surface area contributed by atoms with Crippen molar-refractivity contribution in [1.82, 2.24) is 14.8 Å². The third kappa shape index (κ3) is 2.44. The Balaban J connectivity index is 2.53. The summed E-state index contributed by atoms with van der Waals surface area (Å²) in [6, 6.07) is 5.66. The molecule has 0 aliphatic rings. The summed E-state index contributed by atoms with van der Waals surface area (Å²) in [6.07, 6.45) is 1.44. The minimum Gasteiger partial charge on any atom is -0.320 e. The van der Waals surface area contributed by atoms with E-state index < -0.39 is 0 Å². The molecule has 0 aliphatic heterocycles. The molecule has 5 nitrogen and oxygen atoms in total. The Bertz CT molecular complexity index is 642. The number of nitrogens with two attached hydrogens (primary N) is 1. The van der Waals surface area contributed by atoms with Crippen LogP contribution < -0.4 is 11.4 Å². The molecule has 0 aliphatic carbocycles. The standard InChI is InChI=1S/C12H12N4O/c1-9-5-10(3-2-4-13)7-11(6-9)16-8-14-15-12(16)17/h5-8H,4,13H2,1H3,(H,15,17). The average molecular weight is 228 g/mol. The first-order valence-corrected chi connectivity index (χ1v) is 5.14. The minimum absolute atomic E-state index is 0.270. The van der Waals surface area contributed by atoms with E-state index >= 15 is 0 Å². The number of benzene rings is 1. The number of nitrogens with one attached hydrogen (secondary N) is 1. The van der Waals surface area contributed by atoms with Gasteiger partial charge in [0.25, 0.3) is 0 Å². The molecule has 2 aromatic rings. The zero-order chi connectivity index (χ0) is 12.3. The molecule has 0 saturated carbocycles. The number of hydrogen-bond acceptors (Lipinski definition) is 3. The molecule has 86 valence electrons. The lowest BCUT2D eigenvalue weighted by molar-refractivity contribution is 0.980. The predicted octanol–water partition coefficient (Wildman–Crippen LogP) is 0.179. The molecule has 5 heteroatoms. The van der Waals surface area contributed by atoms with Crippen molar-refractivity contribution >= 4 is 0 Å². The van der Waals surface area contributed by atoms with E-state index in [4.69, 9.17) is 5.73 Å². The Kier molecular flexibility index (Phi) is 3.08. The highest BCUT2D eigenvalue weighted by atomic mass is 16.1. The molecule has 0 spiro atoms. The zero-order valence-corrected chi connectivity index (χ0v) is 9.40. The predicted molar refractivity (Wildman–Crippen MR) is 64.9 cm³/mol. The van der Waals surface area contributed by atoms with Gasteiger partial charge in [0.2, 0.25) is 0 Å². The van der Waals surface area contributed by atoms with Crippen LogP contribution in [0.1, 0.15) is 11.1 Å². The molecule has 0 atom stereocenters. The van der Waals surface area contributed by atoms with Crippen LogP contribution in [0.25, 0.3) is 5.69 Å². The molecule has 0 amide bonds. The van der Waals surface area contributed by atoms with Gasteiger partial charge in [0.05, 0.1) is 12.2 Å². The lowest BCUT2D eigenvalue weighted by Gasteiger charge is -2.03. The number of aryl methyl sites for hydroxylation is 1. The Morgan fingerprint density at radius 1 is 1.47 bits per heavy atom. The maximum Gasteiger partial charge on any atom is 0.347 e. The molecule has 0 radical (unpaired) electrons. The minimum atomic E-state index is -0.270. The van der Waals surface area contributed by atoms with Gasteiger partial charge in [-0.25, -0.2) is 14.5 Å². The molecule has 1 aromatic carbocycles. The normalized spacial score (nSPS) is 9.76. The van der Waals surface area contributed by atoms with E-state index in [-0.39, 0.29) is 5.69 Å². The van der Waals surface area contributed by atoms with Crippen LogP contribution >= 0.6 is 0 Å². The van der Waals surface area contributed by atoms with Gasteiger partial charge in [0, 0.05) is 5.56 Å². The summed E-state index contributed by atoms with van der Waals surface area (Å²) < 4.78 is 1.43. The third-order valence-electron chi connectivity index (χ3n) is 2.23. The van der Waals surface area contributed by atoms with Crippen LogP contribution in [-0.2, 0) is 0 Å². The molecule has 3 N–H and O–H groups in total. The van der Waals surface area contributed by atoms with Crippen molar-refractivity contribution in [1.29, 1.82) is 0 Å². The van der Waals surface area contributed by atoms with Gasteiger partial charge in [-0.3, -0.25) is 0 Å². The molecule has 1 aromatic heterocycles. The second-order valence-corrected chi connectivity index (χ2v) is 3.59. The van der Waals surface area contributed by atoms with Crippen LogP contribution in [0.5, 0.6) is 0 Å². The summed E-state index contributed by atoms with van der Waals surface area (Å²) in [5, 5.41) is 6.04. The third-order valence-corrected chi connectivity index (χ3v) is 2.23. The van der Waals surface area contributed by atoms with Crippen molar-refractivity contribution in [2.45, 2.75) is 6.92 Å². The smallest absolute Gasteiger partial charge is 0.320 e. The number of H-pyrrole nitrogens is 1. The summed E-state index contributed by atoms with van der Waals surface area (Å²) in [5.74, 6) is 5.73. The van der Waals surface area contributed by atoms with Crippen LogP contribution in [0, 0.1) is 18.8 Å². The van der Waals surface area contributed by atoms with Gasteiger partial charge in [-0.15, -0.1) is 0 Å². The first kappa shape index (κ1) is 11.2. The van der Waals surface area contributed by atoms with E-state index in [2.05, 4.69) is 22.0 Å². The van der Waals surface area contributed by atoms with Gasteiger partial charge in [-0.1, -0.05) is 11.8 Å². The topological polar surface area (TPSA) is 76.7 Å². The molecule has 0 fully saturated rings. The average Bonchev–Trinajstić information content (AvgIpc) is 2.72.